The Bertz CT molecular complexity index is 715. The normalized spacial score (nSPS) is 14.7. The van der Waals surface area contributed by atoms with E-state index >= 15 is 0 Å². The van der Waals surface area contributed by atoms with Crippen LogP contribution in [0.15, 0.2) is 36.2 Å². The SMILES string of the molecule is CC(C)c1cc(Cl)cc(CC(=O)NC2=CCN(C(C)(C)C)C=C2)c1O. The van der Waals surface area contributed by atoms with Crippen LogP contribution in [0.5, 0.6) is 5.75 Å². The summed E-state index contributed by atoms with van der Waals surface area (Å²) < 4.78 is 0. The fraction of sp³-hybridized carbons (Fsp3) is 0.450. The molecule has 1 heterocycles. The first-order valence-electron chi connectivity index (χ1n) is 8.54. The number of allylic oxidation sites excluding steroid dienone is 1. The van der Waals surface area contributed by atoms with Crippen LogP contribution in [0.4, 0.5) is 0 Å². The molecular formula is C20H27ClN2O2. The second-order valence-electron chi connectivity index (χ2n) is 7.68. The standard InChI is InChI=1S/C20H27ClN2O2/c1-13(2)17-12-15(21)10-14(19(17)25)11-18(24)22-16-6-8-23(9-7-16)20(3,4)5/h6-8,10,12-13,25H,9,11H2,1-5H3,(H,22,24). The van der Waals surface area contributed by atoms with Crippen molar-refractivity contribution in [2.24, 2.45) is 0 Å². The first-order chi connectivity index (χ1) is 11.6. The molecule has 0 aromatic heterocycles. The molecular weight excluding hydrogens is 336 g/mol. The van der Waals surface area contributed by atoms with Gasteiger partial charge in [0.15, 0.2) is 0 Å². The summed E-state index contributed by atoms with van der Waals surface area (Å²) in [6.45, 7) is 11.1. The largest absolute Gasteiger partial charge is 0.507 e. The van der Waals surface area contributed by atoms with E-state index in [4.69, 9.17) is 11.6 Å². The van der Waals surface area contributed by atoms with Gasteiger partial charge in [-0.3, -0.25) is 4.79 Å². The average molecular weight is 363 g/mol. The Morgan fingerprint density at radius 1 is 1.36 bits per heavy atom. The Kier molecular flexibility index (Phi) is 5.83. The van der Waals surface area contributed by atoms with Crippen LogP contribution in [-0.2, 0) is 11.2 Å². The molecule has 0 saturated carbocycles. The lowest BCUT2D eigenvalue weighted by Gasteiger charge is -2.35. The molecule has 5 heteroatoms. The molecule has 1 aromatic rings. The molecule has 1 aromatic carbocycles. The van der Waals surface area contributed by atoms with Crippen molar-refractivity contribution in [2.45, 2.75) is 52.5 Å². The maximum Gasteiger partial charge on any atom is 0.228 e. The van der Waals surface area contributed by atoms with Gasteiger partial charge in [0.05, 0.1) is 6.42 Å². The van der Waals surface area contributed by atoms with Crippen LogP contribution in [0, 0.1) is 0 Å². The van der Waals surface area contributed by atoms with Gasteiger partial charge in [0.2, 0.25) is 5.91 Å². The lowest BCUT2D eigenvalue weighted by Crippen LogP contribution is -2.39. The van der Waals surface area contributed by atoms with E-state index < -0.39 is 0 Å². The summed E-state index contributed by atoms with van der Waals surface area (Å²) in [6.07, 6.45) is 5.95. The van der Waals surface area contributed by atoms with Crippen molar-refractivity contribution in [1.29, 1.82) is 0 Å². The molecule has 1 aliphatic heterocycles. The summed E-state index contributed by atoms with van der Waals surface area (Å²) in [5.74, 6) is 0.113. The molecule has 0 unspecified atom stereocenters. The number of amides is 1. The Hall–Kier alpha value is -1.94. The smallest absolute Gasteiger partial charge is 0.228 e. The predicted molar refractivity (Wildman–Crippen MR) is 103 cm³/mol. The van der Waals surface area contributed by atoms with Crippen molar-refractivity contribution in [3.05, 3.63) is 52.3 Å². The molecule has 0 fully saturated rings. The topological polar surface area (TPSA) is 52.6 Å². The van der Waals surface area contributed by atoms with Gasteiger partial charge in [0.25, 0.3) is 0 Å². The second-order valence-corrected chi connectivity index (χ2v) is 8.12. The minimum atomic E-state index is -0.174. The summed E-state index contributed by atoms with van der Waals surface area (Å²) in [7, 11) is 0. The highest BCUT2D eigenvalue weighted by molar-refractivity contribution is 6.30. The summed E-state index contributed by atoms with van der Waals surface area (Å²) in [5, 5.41) is 13.8. The zero-order chi connectivity index (χ0) is 18.8. The van der Waals surface area contributed by atoms with E-state index in [1.807, 2.05) is 32.2 Å². The van der Waals surface area contributed by atoms with E-state index in [1.165, 1.54) is 0 Å². The van der Waals surface area contributed by atoms with E-state index in [0.29, 0.717) is 10.6 Å². The maximum atomic E-state index is 12.4. The Morgan fingerprint density at radius 2 is 2.04 bits per heavy atom. The minimum Gasteiger partial charge on any atom is -0.507 e. The summed E-state index contributed by atoms with van der Waals surface area (Å²) in [6, 6.07) is 3.39. The lowest BCUT2D eigenvalue weighted by atomic mass is 9.97. The molecule has 2 rings (SSSR count). The molecule has 0 radical (unpaired) electrons. The monoisotopic (exact) mass is 362 g/mol. The summed E-state index contributed by atoms with van der Waals surface area (Å²) in [4.78, 5) is 14.5. The van der Waals surface area contributed by atoms with E-state index in [1.54, 1.807) is 12.1 Å². The molecule has 1 amide bonds. The molecule has 25 heavy (non-hydrogen) atoms. The number of rotatable bonds is 4. The number of hydrogen-bond acceptors (Lipinski definition) is 3. The molecule has 0 aliphatic carbocycles. The van der Waals surface area contributed by atoms with Crippen LogP contribution in [0.3, 0.4) is 0 Å². The zero-order valence-electron chi connectivity index (χ0n) is 15.6. The van der Waals surface area contributed by atoms with Crippen LogP contribution in [0.1, 0.15) is 51.7 Å². The lowest BCUT2D eigenvalue weighted by molar-refractivity contribution is -0.119. The van der Waals surface area contributed by atoms with Gasteiger partial charge >= 0.3 is 0 Å². The first-order valence-corrected chi connectivity index (χ1v) is 8.92. The van der Waals surface area contributed by atoms with Crippen LogP contribution in [0.25, 0.3) is 0 Å². The number of benzene rings is 1. The Morgan fingerprint density at radius 3 is 2.56 bits per heavy atom. The van der Waals surface area contributed by atoms with Gasteiger partial charge in [-0.2, -0.15) is 0 Å². The third kappa shape index (κ3) is 5.02. The highest BCUT2D eigenvalue weighted by Gasteiger charge is 2.20. The Balaban J connectivity index is 2.05. The van der Waals surface area contributed by atoms with Crippen LogP contribution < -0.4 is 5.32 Å². The fourth-order valence-corrected chi connectivity index (χ4v) is 2.97. The summed E-state index contributed by atoms with van der Waals surface area (Å²) in [5.41, 5.74) is 2.12. The van der Waals surface area contributed by atoms with Gasteiger partial charge in [-0.15, -0.1) is 0 Å². The molecule has 0 spiro atoms. The number of halogens is 1. The van der Waals surface area contributed by atoms with E-state index in [0.717, 1.165) is 17.8 Å². The third-order valence-corrected chi connectivity index (χ3v) is 4.46. The maximum absolute atomic E-state index is 12.4. The van der Waals surface area contributed by atoms with Crippen molar-refractivity contribution in [3.63, 3.8) is 0 Å². The van der Waals surface area contributed by atoms with Gasteiger partial charge < -0.3 is 15.3 Å². The molecule has 0 bridgehead atoms. The van der Waals surface area contributed by atoms with E-state index in [-0.39, 0.29) is 29.5 Å². The molecule has 0 atom stereocenters. The van der Waals surface area contributed by atoms with Crippen molar-refractivity contribution in [1.82, 2.24) is 10.2 Å². The number of phenolic OH excluding ortho intramolecular Hbond substituents is 1. The van der Waals surface area contributed by atoms with Crippen LogP contribution >= 0.6 is 11.6 Å². The molecule has 1 aliphatic rings. The molecule has 4 nitrogen and oxygen atoms in total. The van der Waals surface area contributed by atoms with Gasteiger partial charge in [0, 0.05) is 34.6 Å². The van der Waals surface area contributed by atoms with Crippen molar-refractivity contribution < 1.29 is 9.90 Å². The fourth-order valence-electron chi connectivity index (χ4n) is 2.72. The van der Waals surface area contributed by atoms with Gasteiger partial charge in [-0.25, -0.2) is 0 Å². The van der Waals surface area contributed by atoms with Gasteiger partial charge in [0.1, 0.15) is 5.75 Å². The second kappa shape index (κ2) is 7.52. The molecule has 0 saturated heterocycles. The average Bonchev–Trinajstić information content (AvgIpc) is 2.49. The number of carbonyl (C=O) groups excluding carboxylic acids is 1. The van der Waals surface area contributed by atoms with Gasteiger partial charge in [-0.05, 0) is 56.5 Å². The number of phenols is 1. The van der Waals surface area contributed by atoms with Crippen LogP contribution in [-0.4, -0.2) is 28.0 Å². The predicted octanol–water partition coefficient (Wildman–Crippen LogP) is 4.34. The van der Waals surface area contributed by atoms with Crippen LogP contribution in [0.2, 0.25) is 5.02 Å². The number of hydrogen-bond donors (Lipinski definition) is 2. The number of nitrogens with zero attached hydrogens (tertiary/aromatic N) is 1. The number of carbonyl (C=O) groups is 1. The van der Waals surface area contributed by atoms with E-state index in [2.05, 4.69) is 31.0 Å². The quantitative estimate of drug-likeness (QED) is 0.837. The van der Waals surface area contributed by atoms with Crippen molar-refractivity contribution >= 4 is 17.5 Å². The van der Waals surface area contributed by atoms with Crippen molar-refractivity contribution in [3.8, 4) is 5.75 Å². The molecule has 136 valence electrons. The number of aromatic hydroxyl groups is 1. The molecule has 2 N–H and O–H groups in total. The Labute approximate surface area is 155 Å². The van der Waals surface area contributed by atoms with E-state index in [9.17, 15) is 9.90 Å². The minimum absolute atomic E-state index is 0.0440. The van der Waals surface area contributed by atoms with Gasteiger partial charge in [-0.1, -0.05) is 25.4 Å². The highest BCUT2D eigenvalue weighted by Crippen LogP contribution is 2.32. The number of nitrogens with one attached hydrogen (secondary N) is 1. The first kappa shape index (κ1) is 19.4. The zero-order valence-corrected chi connectivity index (χ0v) is 16.3. The van der Waals surface area contributed by atoms with Crippen molar-refractivity contribution in [2.75, 3.05) is 6.54 Å². The summed E-state index contributed by atoms with van der Waals surface area (Å²) >= 11 is 6.13. The third-order valence-electron chi connectivity index (χ3n) is 4.24. The highest BCUT2D eigenvalue weighted by atomic mass is 35.5.